The van der Waals surface area contributed by atoms with Gasteiger partial charge in [0.2, 0.25) is 0 Å². The SMILES string of the molecule is C=CC1=C(C=C)C(=O)N(OCCCCOS(C)(C)C(C)(C)C)C1=O.CC.CC. The van der Waals surface area contributed by atoms with E-state index >= 15 is 0 Å². The Kier molecular flexibility index (Phi) is 14.2. The van der Waals surface area contributed by atoms with E-state index in [4.69, 9.17) is 9.02 Å². The van der Waals surface area contributed by atoms with Crippen molar-refractivity contribution in [3.05, 3.63) is 36.5 Å². The van der Waals surface area contributed by atoms with Crippen LogP contribution in [0, 0.1) is 0 Å². The number of amides is 2. The van der Waals surface area contributed by atoms with Crippen molar-refractivity contribution in [2.24, 2.45) is 0 Å². The number of imide groups is 1. The highest BCUT2D eigenvalue weighted by molar-refractivity contribution is 8.29. The van der Waals surface area contributed by atoms with E-state index in [1.54, 1.807) is 0 Å². The third kappa shape index (κ3) is 7.94. The molecule has 0 unspecified atom stereocenters. The van der Waals surface area contributed by atoms with Gasteiger partial charge in [0.1, 0.15) is 0 Å². The number of unbranched alkanes of at least 4 members (excludes halogenated alkanes) is 1. The van der Waals surface area contributed by atoms with Crippen molar-refractivity contribution in [3.63, 3.8) is 0 Å². The summed E-state index contributed by atoms with van der Waals surface area (Å²) in [6.07, 6.45) is 8.52. The standard InChI is InChI=1S/C18H29NO4S.2C2H6/c1-8-14-15(9-2)17(21)19(16(14)20)22-12-10-11-13-23-24(6,7)18(3,4)5;2*1-2/h8-9H,1-2,10-13H2,3-7H3;2*1-2H3. The van der Waals surface area contributed by atoms with Crippen molar-refractivity contribution in [1.29, 1.82) is 0 Å². The minimum Gasteiger partial charge on any atom is -0.337 e. The topological polar surface area (TPSA) is 55.8 Å². The zero-order valence-electron chi connectivity index (χ0n) is 19.4. The molecule has 0 bridgehead atoms. The molecule has 0 fully saturated rings. The maximum Gasteiger partial charge on any atom is 0.285 e. The van der Waals surface area contributed by atoms with Gasteiger partial charge in [-0.2, -0.15) is 0 Å². The summed E-state index contributed by atoms with van der Waals surface area (Å²) in [6, 6.07) is 0. The van der Waals surface area contributed by atoms with Gasteiger partial charge in [-0.3, -0.25) is 14.4 Å². The summed E-state index contributed by atoms with van der Waals surface area (Å²) in [5, 5.41) is 0.791. The fourth-order valence-corrected chi connectivity index (χ4v) is 2.75. The van der Waals surface area contributed by atoms with E-state index in [2.05, 4.69) is 46.4 Å². The van der Waals surface area contributed by atoms with Gasteiger partial charge in [-0.05, 0) is 25.4 Å². The molecule has 28 heavy (non-hydrogen) atoms. The lowest BCUT2D eigenvalue weighted by molar-refractivity contribution is -0.186. The number of carbonyl (C=O) groups excluding carboxylic acids is 2. The normalized spacial score (nSPS) is 14.8. The molecule has 1 rings (SSSR count). The van der Waals surface area contributed by atoms with Gasteiger partial charge in [-0.15, -0.1) is 15.4 Å². The Morgan fingerprint density at radius 1 is 0.893 bits per heavy atom. The first kappa shape index (κ1) is 28.8. The zero-order chi connectivity index (χ0) is 22.5. The van der Waals surface area contributed by atoms with Gasteiger partial charge >= 0.3 is 0 Å². The summed E-state index contributed by atoms with van der Waals surface area (Å²) >= 11 is 0. The summed E-state index contributed by atoms with van der Waals surface area (Å²) in [4.78, 5) is 29.5. The lowest BCUT2D eigenvalue weighted by atomic mass is 10.1. The third-order valence-corrected chi connectivity index (χ3v) is 7.85. The molecule has 164 valence electrons. The maximum absolute atomic E-state index is 12.1. The quantitative estimate of drug-likeness (QED) is 0.364. The lowest BCUT2D eigenvalue weighted by Gasteiger charge is -2.43. The second kappa shape index (κ2) is 13.7. The van der Waals surface area contributed by atoms with Crippen LogP contribution in [0.2, 0.25) is 0 Å². The maximum atomic E-state index is 12.1. The van der Waals surface area contributed by atoms with E-state index < -0.39 is 22.1 Å². The van der Waals surface area contributed by atoms with E-state index in [1.165, 1.54) is 12.2 Å². The molecule has 0 aliphatic carbocycles. The molecular weight excluding hydrogens is 374 g/mol. The Morgan fingerprint density at radius 2 is 1.29 bits per heavy atom. The van der Waals surface area contributed by atoms with Crippen molar-refractivity contribution >= 4 is 22.1 Å². The molecular formula is C22H41NO4S. The molecule has 0 aromatic carbocycles. The van der Waals surface area contributed by atoms with Crippen LogP contribution in [-0.4, -0.2) is 47.3 Å². The fourth-order valence-electron chi connectivity index (χ4n) is 1.86. The second-order valence-corrected chi connectivity index (χ2v) is 10.8. The Labute approximate surface area is 174 Å². The van der Waals surface area contributed by atoms with Crippen LogP contribution in [0.25, 0.3) is 0 Å². The Balaban J connectivity index is 0. The van der Waals surface area contributed by atoms with Crippen LogP contribution in [0.1, 0.15) is 61.3 Å². The predicted octanol–water partition coefficient (Wildman–Crippen LogP) is 5.58. The number of rotatable bonds is 9. The molecule has 1 heterocycles. The summed E-state index contributed by atoms with van der Waals surface area (Å²) in [7, 11) is -1.13. The van der Waals surface area contributed by atoms with E-state index in [-0.39, 0.29) is 22.5 Å². The minimum absolute atomic E-state index is 0.131. The van der Waals surface area contributed by atoms with E-state index in [0.29, 0.717) is 13.0 Å². The molecule has 0 saturated heterocycles. The van der Waals surface area contributed by atoms with E-state index in [0.717, 1.165) is 11.5 Å². The fraction of sp³-hybridized carbons (Fsp3) is 0.636. The van der Waals surface area contributed by atoms with Gasteiger partial charge < -0.3 is 4.18 Å². The first-order valence-corrected chi connectivity index (χ1v) is 12.3. The first-order valence-electron chi connectivity index (χ1n) is 9.95. The van der Waals surface area contributed by atoms with Gasteiger partial charge in [-0.25, -0.2) is 0 Å². The van der Waals surface area contributed by atoms with Crippen LogP contribution in [-0.2, 0) is 18.6 Å². The molecule has 0 aromatic rings. The van der Waals surface area contributed by atoms with Crippen LogP contribution < -0.4 is 0 Å². The van der Waals surface area contributed by atoms with Crippen LogP contribution in [0.3, 0.4) is 0 Å². The van der Waals surface area contributed by atoms with Crippen molar-refractivity contribution in [1.82, 2.24) is 5.06 Å². The van der Waals surface area contributed by atoms with Crippen LogP contribution >= 0.6 is 10.3 Å². The first-order chi connectivity index (χ1) is 13.1. The molecule has 0 saturated carbocycles. The third-order valence-electron chi connectivity index (χ3n) is 4.14. The smallest absolute Gasteiger partial charge is 0.285 e. The highest BCUT2D eigenvalue weighted by Gasteiger charge is 2.36. The number of hydrogen-bond donors (Lipinski definition) is 0. The highest BCUT2D eigenvalue weighted by Crippen LogP contribution is 2.53. The van der Waals surface area contributed by atoms with Crippen molar-refractivity contribution in [2.75, 3.05) is 25.7 Å². The van der Waals surface area contributed by atoms with Crippen LogP contribution in [0.4, 0.5) is 0 Å². The molecule has 5 nitrogen and oxygen atoms in total. The molecule has 0 radical (unpaired) electrons. The Bertz CT molecular complexity index is 529. The van der Waals surface area contributed by atoms with Crippen molar-refractivity contribution < 1.29 is 18.6 Å². The van der Waals surface area contributed by atoms with Crippen LogP contribution in [0.15, 0.2) is 36.5 Å². The average Bonchev–Trinajstić information content (AvgIpc) is 2.89. The zero-order valence-corrected chi connectivity index (χ0v) is 20.2. The predicted molar refractivity (Wildman–Crippen MR) is 122 cm³/mol. The summed E-state index contributed by atoms with van der Waals surface area (Å²) in [6.45, 7) is 22.5. The molecule has 0 atom stereocenters. The number of hydrogen-bond acceptors (Lipinski definition) is 4. The average molecular weight is 416 g/mol. The molecule has 1 aliphatic heterocycles. The summed E-state index contributed by atoms with van der Waals surface area (Å²) in [5.74, 6) is -0.973. The Hall–Kier alpha value is -1.37. The van der Waals surface area contributed by atoms with Gasteiger partial charge in [-0.1, -0.05) is 73.8 Å². The van der Waals surface area contributed by atoms with E-state index in [1.807, 2.05) is 27.7 Å². The van der Waals surface area contributed by atoms with Gasteiger partial charge in [0.05, 0.1) is 24.4 Å². The highest BCUT2D eigenvalue weighted by atomic mass is 32.3. The molecule has 1 aliphatic rings. The van der Waals surface area contributed by atoms with Gasteiger partial charge in [0, 0.05) is 4.75 Å². The molecule has 0 spiro atoms. The molecule has 0 aromatic heterocycles. The minimum atomic E-state index is -1.13. The Morgan fingerprint density at radius 3 is 1.64 bits per heavy atom. The molecule has 0 N–H and O–H groups in total. The number of nitrogens with zero attached hydrogens (tertiary/aromatic N) is 1. The van der Waals surface area contributed by atoms with Crippen LogP contribution in [0.5, 0.6) is 0 Å². The monoisotopic (exact) mass is 415 g/mol. The van der Waals surface area contributed by atoms with E-state index in [9.17, 15) is 9.59 Å². The summed E-state index contributed by atoms with van der Waals surface area (Å²) in [5.41, 5.74) is 0.461. The number of carbonyl (C=O) groups is 2. The second-order valence-electron chi connectivity index (χ2n) is 6.85. The molecule has 6 heteroatoms. The molecule has 2 amide bonds. The van der Waals surface area contributed by atoms with Gasteiger partial charge in [0.25, 0.3) is 11.8 Å². The van der Waals surface area contributed by atoms with Gasteiger partial charge in [0.15, 0.2) is 0 Å². The number of hydroxylamine groups is 2. The largest absolute Gasteiger partial charge is 0.337 e. The van der Waals surface area contributed by atoms with Crippen molar-refractivity contribution in [2.45, 2.75) is 66.1 Å². The van der Waals surface area contributed by atoms with Crippen molar-refractivity contribution in [3.8, 4) is 0 Å². The summed E-state index contributed by atoms with van der Waals surface area (Å²) < 4.78 is 6.15. The lowest BCUT2D eigenvalue weighted by Crippen LogP contribution is -2.32.